The van der Waals surface area contributed by atoms with Gasteiger partial charge < -0.3 is 0 Å². The molecule has 1 aliphatic rings. The molecule has 2 nitrogen and oxygen atoms in total. The molecule has 1 heterocycles. The Labute approximate surface area is 97.3 Å². The van der Waals surface area contributed by atoms with Gasteiger partial charge in [0, 0.05) is 12.1 Å². The van der Waals surface area contributed by atoms with Crippen LogP contribution in [0.4, 0.5) is 0 Å². The number of carbonyl (C=O) groups is 1. The van der Waals surface area contributed by atoms with Crippen LogP contribution in [0.5, 0.6) is 0 Å². The van der Waals surface area contributed by atoms with Crippen molar-refractivity contribution in [3.05, 3.63) is 35.4 Å². The second kappa shape index (κ2) is 4.79. The van der Waals surface area contributed by atoms with Crippen LogP contribution in [-0.2, 0) is 0 Å². The molecule has 1 saturated heterocycles. The summed E-state index contributed by atoms with van der Waals surface area (Å²) in [6, 6.07) is 7.84. The molecule has 86 valence electrons. The van der Waals surface area contributed by atoms with Gasteiger partial charge in [0.05, 0.1) is 6.54 Å². The van der Waals surface area contributed by atoms with E-state index >= 15 is 0 Å². The molecule has 0 amide bonds. The SMILES string of the molecule is Cc1ccccc1C(=O)CN1CCC(C)C1. The molecule has 0 bridgehead atoms. The van der Waals surface area contributed by atoms with E-state index < -0.39 is 0 Å². The van der Waals surface area contributed by atoms with E-state index in [0.29, 0.717) is 6.54 Å². The molecule has 16 heavy (non-hydrogen) atoms. The summed E-state index contributed by atoms with van der Waals surface area (Å²) >= 11 is 0. The minimum atomic E-state index is 0.257. The van der Waals surface area contributed by atoms with Gasteiger partial charge in [-0.2, -0.15) is 0 Å². The molecule has 0 radical (unpaired) electrons. The molecule has 1 aromatic rings. The van der Waals surface area contributed by atoms with Gasteiger partial charge in [-0.3, -0.25) is 9.69 Å². The van der Waals surface area contributed by atoms with Gasteiger partial charge in [-0.1, -0.05) is 31.2 Å². The van der Waals surface area contributed by atoms with Crippen molar-refractivity contribution >= 4 is 5.78 Å². The Bertz CT molecular complexity index is 386. The van der Waals surface area contributed by atoms with Crippen molar-refractivity contribution in [1.82, 2.24) is 4.90 Å². The number of ketones is 1. The van der Waals surface area contributed by atoms with E-state index in [0.717, 1.165) is 30.1 Å². The number of hydrogen-bond donors (Lipinski definition) is 0. The third kappa shape index (κ3) is 2.50. The number of rotatable bonds is 3. The number of Topliss-reactive ketones (excluding diaryl/α,β-unsaturated/α-hetero) is 1. The summed E-state index contributed by atoms with van der Waals surface area (Å²) in [5.74, 6) is 0.997. The van der Waals surface area contributed by atoms with Crippen LogP contribution in [0, 0.1) is 12.8 Å². The fraction of sp³-hybridized carbons (Fsp3) is 0.500. The number of benzene rings is 1. The number of hydrogen-bond acceptors (Lipinski definition) is 2. The zero-order valence-corrected chi connectivity index (χ0v) is 10.1. The molecule has 1 aliphatic heterocycles. The van der Waals surface area contributed by atoms with Gasteiger partial charge in [-0.05, 0) is 31.4 Å². The number of aryl methyl sites for hydroxylation is 1. The number of carbonyl (C=O) groups excluding carboxylic acids is 1. The van der Waals surface area contributed by atoms with Gasteiger partial charge in [0.2, 0.25) is 0 Å². The van der Waals surface area contributed by atoms with E-state index in [9.17, 15) is 4.79 Å². The Morgan fingerprint density at radius 2 is 2.19 bits per heavy atom. The molecular formula is C14H19NO. The van der Waals surface area contributed by atoms with E-state index in [1.165, 1.54) is 6.42 Å². The normalized spacial score (nSPS) is 21.2. The molecule has 0 saturated carbocycles. The standard InChI is InChI=1S/C14H19NO/c1-11-7-8-15(9-11)10-14(16)13-6-4-3-5-12(13)2/h3-6,11H,7-10H2,1-2H3. The highest BCUT2D eigenvalue weighted by atomic mass is 16.1. The average molecular weight is 217 g/mol. The van der Waals surface area contributed by atoms with E-state index in [1.807, 2.05) is 31.2 Å². The van der Waals surface area contributed by atoms with Crippen LogP contribution in [0.25, 0.3) is 0 Å². The third-order valence-corrected chi connectivity index (χ3v) is 3.32. The van der Waals surface area contributed by atoms with Crippen molar-refractivity contribution in [3.8, 4) is 0 Å². The van der Waals surface area contributed by atoms with Crippen molar-refractivity contribution < 1.29 is 4.79 Å². The summed E-state index contributed by atoms with van der Waals surface area (Å²) in [6.07, 6.45) is 1.22. The minimum absolute atomic E-state index is 0.257. The second-order valence-electron chi connectivity index (χ2n) is 4.87. The summed E-state index contributed by atoms with van der Waals surface area (Å²) in [4.78, 5) is 14.3. The molecule has 0 N–H and O–H groups in total. The molecule has 0 aromatic heterocycles. The first-order chi connectivity index (χ1) is 7.66. The van der Waals surface area contributed by atoms with Crippen molar-refractivity contribution in [2.24, 2.45) is 5.92 Å². The van der Waals surface area contributed by atoms with Gasteiger partial charge in [-0.25, -0.2) is 0 Å². The van der Waals surface area contributed by atoms with Gasteiger partial charge >= 0.3 is 0 Å². The highest BCUT2D eigenvalue weighted by Crippen LogP contribution is 2.16. The molecule has 0 aliphatic carbocycles. The third-order valence-electron chi connectivity index (χ3n) is 3.32. The lowest BCUT2D eigenvalue weighted by atomic mass is 10.0. The predicted octanol–water partition coefficient (Wildman–Crippen LogP) is 2.52. The molecular weight excluding hydrogens is 198 g/mol. The summed E-state index contributed by atoms with van der Waals surface area (Å²) in [5, 5.41) is 0. The maximum Gasteiger partial charge on any atom is 0.177 e. The second-order valence-corrected chi connectivity index (χ2v) is 4.87. The summed E-state index contributed by atoms with van der Waals surface area (Å²) in [5.41, 5.74) is 1.96. The van der Waals surface area contributed by atoms with Crippen LogP contribution in [0.1, 0.15) is 29.3 Å². The molecule has 2 rings (SSSR count). The smallest absolute Gasteiger partial charge is 0.177 e. The van der Waals surface area contributed by atoms with Crippen LogP contribution < -0.4 is 0 Å². The fourth-order valence-electron chi connectivity index (χ4n) is 2.34. The molecule has 1 atom stereocenters. The van der Waals surface area contributed by atoms with Crippen molar-refractivity contribution in [1.29, 1.82) is 0 Å². The van der Waals surface area contributed by atoms with Gasteiger partial charge in [0.25, 0.3) is 0 Å². The largest absolute Gasteiger partial charge is 0.296 e. The van der Waals surface area contributed by atoms with Gasteiger partial charge in [-0.15, -0.1) is 0 Å². The van der Waals surface area contributed by atoms with Gasteiger partial charge in [0.15, 0.2) is 5.78 Å². The lowest BCUT2D eigenvalue weighted by Crippen LogP contribution is -2.27. The zero-order chi connectivity index (χ0) is 11.5. The first-order valence-electron chi connectivity index (χ1n) is 5.98. The predicted molar refractivity (Wildman–Crippen MR) is 65.7 cm³/mol. The summed E-state index contributed by atoms with van der Waals surface area (Å²) in [6.45, 7) is 6.96. The first kappa shape index (κ1) is 11.3. The highest BCUT2D eigenvalue weighted by Gasteiger charge is 2.21. The highest BCUT2D eigenvalue weighted by molar-refractivity contribution is 5.98. The van der Waals surface area contributed by atoms with Crippen LogP contribution in [-0.4, -0.2) is 30.3 Å². The summed E-state index contributed by atoms with van der Waals surface area (Å²) < 4.78 is 0. The molecule has 1 fully saturated rings. The van der Waals surface area contributed by atoms with E-state index in [4.69, 9.17) is 0 Å². The molecule has 0 spiro atoms. The Balaban J connectivity index is 2.01. The van der Waals surface area contributed by atoms with E-state index in [-0.39, 0.29) is 5.78 Å². The molecule has 1 aromatic carbocycles. The minimum Gasteiger partial charge on any atom is -0.296 e. The Morgan fingerprint density at radius 1 is 1.44 bits per heavy atom. The maximum atomic E-state index is 12.1. The van der Waals surface area contributed by atoms with E-state index in [2.05, 4.69) is 11.8 Å². The van der Waals surface area contributed by atoms with Crippen LogP contribution in [0.15, 0.2) is 24.3 Å². The molecule has 2 heteroatoms. The number of nitrogens with zero attached hydrogens (tertiary/aromatic N) is 1. The topological polar surface area (TPSA) is 20.3 Å². The summed E-state index contributed by atoms with van der Waals surface area (Å²) in [7, 11) is 0. The Kier molecular flexibility index (Phi) is 3.39. The van der Waals surface area contributed by atoms with Crippen LogP contribution in [0.3, 0.4) is 0 Å². The lowest BCUT2D eigenvalue weighted by Gasteiger charge is -2.14. The monoisotopic (exact) mass is 217 g/mol. The first-order valence-corrected chi connectivity index (χ1v) is 5.98. The quantitative estimate of drug-likeness (QED) is 0.725. The average Bonchev–Trinajstić information content (AvgIpc) is 2.64. The lowest BCUT2D eigenvalue weighted by molar-refractivity contribution is 0.0943. The fourth-order valence-corrected chi connectivity index (χ4v) is 2.34. The Hall–Kier alpha value is -1.15. The zero-order valence-electron chi connectivity index (χ0n) is 10.1. The van der Waals surface area contributed by atoms with E-state index in [1.54, 1.807) is 0 Å². The maximum absolute atomic E-state index is 12.1. The van der Waals surface area contributed by atoms with Crippen molar-refractivity contribution in [2.75, 3.05) is 19.6 Å². The van der Waals surface area contributed by atoms with Gasteiger partial charge in [0.1, 0.15) is 0 Å². The molecule has 1 unspecified atom stereocenters. The Morgan fingerprint density at radius 3 is 2.81 bits per heavy atom. The number of likely N-dealkylation sites (tertiary alicyclic amines) is 1. The van der Waals surface area contributed by atoms with Crippen molar-refractivity contribution in [2.45, 2.75) is 20.3 Å². The van der Waals surface area contributed by atoms with Crippen LogP contribution in [0.2, 0.25) is 0 Å². The van der Waals surface area contributed by atoms with Crippen LogP contribution >= 0.6 is 0 Å². The van der Waals surface area contributed by atoms with Crippen molar-refractivity contribution in [3.63, 3.8) is 0 Å².